The van der Waals surface area contributed by atoms with Gasteiger partial charge in [0.1, 0.15) is 0 Å². The van der Waals surface area contributed by atoms with E-state index in [1.54, 1.807) is 13.0 Å². The van der Waals surface area contributed by atoms with E-state index in [1.807, 2.05) is 0 Å². The van der Waals surface area contributed by atoms with E-state index in [4.69, 9.17) is 17.3 Å². The van der Waals surface area contributed by atoms with Gasteiger partial charge in [-0.15, -0.1) is 0 Å². The highest BCUT2D eigenvalue weighted by Crippen LogP contribution is 2.31. The lowest BCUT2D eigenvalue weighted by atomic mass is 9.81. The van der Waals surface area contributed by atoms with Crippen LogP contribution >= 0.6 is 11.6 Å². The highest BCUT2D eigenvalue weighted by molar-refractivity contribution is 7.89. The topological polar surface area (TPSA) is 72.2 Å². The number of sulfonamides is 1. The van der Waals surface area contributed by atoms with Crippen molar-refractivity contribution >= 4 is 27.3 Å². The standard InChI is InChI=1S/C15H23ClN2O2S/c1-9-4-10(2)6-13(5-9)18-21(19,20)15-8-12(16)7-14(17)11(15)3/h7-10,13,18H,4-6,17H2,1-3H3. The Bertz CT molecular complexity index is 621. The summed E-state index contributed by atoms with van der Waals surface area (Å²) in [7, 11) is -3.60. The minimum absolute atomic E-state index is 0.0200. The first-order valence-electron chi connectivity index (χ1n) is 7.27. The molecule has 1 aromatic rings. The molecule has 1 aliphatic rings. The van der Waals surface area contributed by atoms with Gasteiger partial charge in [0.2, 0.25) is 10.0 Å². The molecule has 0 bridgehead atoms. The second-order valence-corrected chi connectivity index (χ2v) is 8.47. The van der Waals surface area contributed by atoms with Crippen molar-refractivity contribution in [1.82, 2.24) is 4.72 Å². The van der Waals surface area contributed by atoms with Gasteiger partial charge in [-0.3, -0.25) is 0 Å². The summed E-state index contributed by atoms with van der Waals surface area (Å²) in [5.41, 5.74) is 6.76. The van der Waals surface area contributed by atoms with Crippen LogP contribution in [0.1, 0.15) is 38.7 Å². The second kappa shape index (κ2) is 6.15. The lowest BCUT2D eigenvalue weighted by molar-refractivity contribution is 0.257. The summed E-state index contributed by atoms with van der Waals surface area (Å²) in [5.74, 6) is 1.07. The summed E-state index contributed by atoms with van der Waals surface area (Å²) in [5, 5.41) is 0.337. The molecule has 2 rings (SSSR count). The zero-order valence-corrected chi connectivity index (χ0v) is 14.3. The summed E-state index contributed by atoms with van der Waals surface area (Å²) < 4.78 is 28.1. The summed E-state index contributed by atoms with van der Waals surface area (Å²) in [6.07, 6.45) is 2.90. The van der Waals surface area contributed by atoms with Crippen molar-refractivity contribution in [3.05, 3.63) is 22.7 Å². The Balaban J connectivity index is 2.27. The molecule has 1 aliphatic carbocycles. The maximum atomic E-state index is 12.6. The maximum absolute atomic E-state index is 12.6. The molecule has 1 aromatic carbocycles. The number of nitrogens with one attached hydrogen (secondary N) is 1. The summed E-state index contributed by atoms with van der Waals surface area (Å²) in [6.45, 7) is 6.03. The minimum Gasteiger partial charge on any atom is -0.398 e. The Morgan fingerprint density at radius 2 is 1.76 bits per heavy atom. The number of nitrogens with two attached hydrogens (primary N) is 1. The van der Waals surface area contributed by atoms with Crippen LogP contribution in [0, 0.1) is 18.8 Å². The zero-order valence-electron chi connectivity index (χ0n) is 12.7. The van der Waals surface area contributed by atoms with Gasteiger partial charge >= 0.3 is 0 Å². The van der Waals surface area contributed by atoms with Gasteiger partial charge in [-0.25, -0.2) is 13.1 Å². The molecule has 0 saturated heterocycles. The molecule has 0 aliphatic heterocycles. The quantitative estimate of drug-likeness (QED) is 0.835. The van der Waals surface area contributed by atoms with Crippen LogP contribution < -0.4 is 10.5 Å². The van der Waals surface area contributed by atoms with Crippen molar-refractivity contribution in [3.63, 3.8) is 0 Å². The van der Waals surface area contributed by atoms with Crippen molar-refractivity contribution < 1.29 is 8.42 Å². The number of halogens is 1. The molecular formula is C15H23ClN2O2S. The van der Waals surface area contributed by atoms with Gasteiger partial charge in [-0.2, -0.15) is 0 Å². The Morgan fingerprint density at radius 1 is 1.19 bits per heavy atom. The fourth-order valence-electron chi connectivity index (χ4n) is 3.28. The van der Waals surface area contributed by atoms with Crippen molar-refractivity contribution in [1.29, 1.82) is 0 Å². The Labute approximate surface area is 132 Å². The lowest BCUT2D eigenvalue weighted by Gasteiger charge is -2.31. The molecule has 1 saturated carbocycles. The molecule has 3 N–H and O–H groups in total. The number of anilines is 1. The number of nitrogen functional groups attached to an aromatic ring is 1. The van der Waals surface area contributed by atoms with Crippen molar-refractivity contribution in [2.75, 3.05) is 5.73 Å². The van der Waals surface area contributed by atoms with Gasteiger partial charge < -0.3 is 5.73 Å². The normalized spacial score (nSPS) is 26.8. The van der Waals surface area contributed by atoms with E-state index in [1.165, 1.54) is 6.07 Å². The van der Waals surface area contributed by atoms with Crippen molar-refractivity contribution in [2.24, 2.45) is 11.8 Å². The summed E-state index contributed by atoms with van der Waals surface area (Å²) in [6, 6.07) is 3.01. The molecule has 0 spiro atoms. The SMILES string of the molecule is Cc1c(N)cc(Cl)cc1S(=O)(=O)NC1CC(C)CC(C)C1. The van der Waals surface area contributed by atoms with Crippen LogP contribution in [-0.2, 0) is 10.0 Å². The van der Waals surface area contributed by atoms with Crippen LogP contribution in [0.2, 0.25) is 5.02 Å². The molecule has 1 fully saturated rings. The zero-order chi connectivity index (χ0) is 15.8. The van der Waals surface area contributed by atoms with E-state index in [9.17, 15) is 8.42 Å². The van der Waals surface area contributed by atoms with E-state index < -0.39 is 10.0 Å². The fourth-order valence-corrected chi connectivity index (χ4v) is 5.13. The van der Waals surface area contributed by atoms with Crippen LogP contribution in [0.4, 0.5) is 5.69 Å². The number of hydrogen-bond donors (Lipinski definition) is 2. The summed E-state index contributed by atoms with van der Waals surface area (Å²) in [4.78, 5) is 0.179. The molecule has 0 aromatic heterocycles. The molecule has 21 heavy (non-hydrogen) atoms. The first-order chi connectivity index (χ1) is 9.69. The number of rotatable bonds is 3. The lowest BCUT2D eigenvalue weighted by Crippen LogP contribution is -2.40. The maximum Gasteiger partial charge on any atom is 0.241 e. The van der Waals surface area contributed by atoms with Crippen LogP contribution in [-0.4, -0.2) is 14.5 Å². The molecule has 4 nitrogen and oxygen atoms in total. The molecular weight excluding hydrogens is 308 g/mol. The first kappa shape index (κ1) is 16.6. The molecule has 0 radical (unpaired) electrons. The molecule has 2 unspecified atom stereocenters. The third kappa shape index (κ3) is 3.90. The fraction of sp³-hybridized carbons (Fsp3) is 0.600. The predicted molar refractivity (Wildman–Crippen MR) is 86.9 cm³/mol. The molecule has 6 heteroatoms. The Morgan fingerprint density at radius 3 is 2.33 bits per heavy atom. The number of hydrogen-bond acceptors (Lipinski definition) is 3. The first-order valence-corrected chi connectivity index (χ1v) is 9.13. The molecule has 118 valence electrons. The third-order valence-corrected chi connectivity index (χ3v) is 6.02. The molecule has 0 amide bonds. The predicted octanol–water partition coefficient (Wildman–Crippen LogP) is 3.33. The van der Waals surface area contributed by atoms with Gasteiger partial charge in [0.05, 0.1) is 4.90 Å². The molecule has 2 atom stereocenters. The van der Waals surface area contributed by atoms with E-state index in [2.05, 4.69) is 18.6 Å². The number of benzene rings is 1. The van der Waals surface area contributed by atoms with Crippen LogP contribution in [0.5, 0.6) is 0 Å². The van der Waals surface area contributed by atoms with Gasteiger partial charge in [0.15, 0.2) is 0 Å². The largest absolute Gasteiger partial charge is 0.398 e. The van der Waals surface area contributed by atoms with Crippen molar-refractivity contribution in [2.45, 2.75) is 51.0 Å². The minimum atomic E-state index is -3.60. The molecule has 0 heterocycles. The van der Waals surface area contributed by atoms with Gasteiger partial charge in [-0.05, 0) is 55.7 Å². The van der Waals surface area contributed by atoms with Crippen LogP contribution in [0.3, 0.4) is 0 Å². The average Bonchev–Trinajstić information content (AvgIpc) is 2.31. The van der Waals surface area contributed by atoms with Gasteiger partial charge in [0, 0.05) is 16.8 Å². The van der Waals surface area contributed by atoms with E-state index >= 15 is 0 Å². The smallest absolute Gasteiger partial charge is 0.241 e. The Kier molecular flexibility index (Phi) is 4.85. The second-order valence-electron chi connectivity index (χ2n) is 6.35. The van der Waals surface area contributed by atoms with Crippen molar-refractivity contribution in [3.8, 4) is 0 Å². The van der Waals surface area contributed by atoms with Crippen LogP contribution in [0.25, 0.3) is 0 Å². The van der Waals surface area contributed by atoms with E-state index in [0.29, 0.717) is 28.1 Å². The summed E-state index contributed by atoms with van der Waals surface area (Å²) >= 11 is 5.95. The van der Waals surface area contributed by atoms with E-state index in [-0.39, 0.29) is 10.9 Å². The highest BCUT2D eigenvalue weighted by Gasteiger charge is 2.29. The van der Waals surface area contributed by atoms with Gasteiger partial charge in [0.25, 0.3) is 0 Å². The Hall–Kier alpha value is -0.780. The third-order valence-electron chi connectivity index (χ3n) is 4.15. The van der Waals surface area contributed by atoms with E-state index in [0.717, 1.165) is 19.3 Å². The van der Waals surface area contributed by atoms with Gasteiger partial charge in [-0.1, -0.05) is 25.4 Å². The van der Waals surface area contributed by atoms with Crippen LogP contribution in [0.15, 0.2) is 17.0 Å². The average molecular weight is 331 g/mol. The highest BCUT2D eigenvalue weighted by atomic mass is 35.5. The monoisotopic (exact) mass is 330 g/mol.